The summed E-state index contributed by atoms with van der Waals surface area (Å²) in [7, 11) is -4.55. The van der Waals surface area contributed by atoms with Crippen molar-refractivity contribution in [1.29, 1.82) is 0 Å². The van der Waals surface area contributed by atoms with Crippen molar-refractivity contribution in [2.45, 2.75) is 0 Å². The molecular weight excluding hydrogens is 524 g/mol. The molecule has 0 radical (unpaired) electrons. The minimum absolute atomic E-state index is 0.0698. The van der Waals surface area contributed by atoms with E-state index >= 15 is 0 Å². The Morgan fingerprint density at radius 2 is 0.690 bits per heavy atom. The van der Waals surface area contributed by atoms with Crippen molar-refractivity contribution >= 4 is 77.4 Å². The monoisotopic (exact) mass is 530 g/mol. The smallest absolute Gasteiger partial charge is 0.383 e. The summed E-state index contributed by atoms with van der Waals surface area (Å²) in [6, 6.07) is 13.7. The number of halogens is 6. The molecule has 0 N–H and O–H groups in total. The van der Waals surface area contributed by atoms with E-state index in [0.717, 1.165) is 0 Å². The lowest BCUT2D eigenvalue weighted by Crippen LogP contribution is -2.09. The van der Waals surface area contributed by atoms with Crippen LogP contribution in [0.25, 0.3) is 0 Å². The summed E-state index contributed by atoms with van der Waals surface area (Å²) < 4.78 is 30.1. The highest BCUT2D eigenvalue weighted by atomic mass is 35.5. The minimum atomic E-state index is -4.55. The van der Waals surface area contributed by atoms with Gasteiger partial charge in [0, 0.05) is 0 Å². The van der Waals surface area contributed by atoms with E-state index < -0.39 is 7.82 Å². The third-order valence-corrected chi connectivity index (χ3v) is 6.37. The molecule has 29 heavy (non-hydrogen) atoms. The van der Waals surface area contributed by atoms with Gasteiger partial charge < -0.3 is 13.6 Å². The molecule has 0 atom stereocenters. The van der Waals surface area contributed by atoms with Crippen LogP contribution in [0, 0.1) is 0 Å². The Morgan fingerprint density at radius 1 is 0.483 bits per heavy atom. The van der Waals surface area contributed by atoms with Crippen molar-refractivity contribution in [3.63, 3.8) is 0 Å². The number of rotatable bonds is 6. The molecule has 0 fully saturated rings. The number of phosphoric acid groups is 1. The molecule has 0 bridgehead atoms. The van der Waals surface area contributed by atoms with Crippen molar-refractivity contribution in [2.75, 3.05) is 0 Å². The van der Waals surface area contributed by atoms with Gasteiger partial charge in [0.15, 0.2) is 17.2 Å². The second-order valence-corrected chi connectivity index (χ2v) is 9.26. The average molecular weight is 533 g/mol. The molecule has 3 aromatic rings. The maximum absolute atomic E-state index is 13.6. The Kier molecular flexibility index (Phi) is 7.40. The van der Waals surface area contributed by atoms with Gasteiger partial charge in [0.1, 0.15) is 0 Å². The van der Waals surface area contributed by atoms with Gasteiger partial charge in [-0.25, -0.2) is 0 Å². The zero-order chi connectivity index (χ0) is 21.2. The molecule has 0 aromatic heterocycles. The fourth-order valence-corrected chi connectivity index (χ4v) is 5.22. The molecule has 0 aliphatic carbocycles. The SMILES string of the molecule is O=P(Oc1c(Cl)cccc1Cl)(Oc1c(Cl)cccc1Cl)Oc1c(Cl)cccc1Cl. The Bertz CT molecular complexity index is 910. The van der Waals surface area contributed by atoms with Crippen LogP contribution in [-0.4, -0.2) is 0 Å². The van der Waals surface area contributed by atoms with Gasteiger partial charge in [-0.15, -0.1) is 0 Å². The summed E-state index contributed by atoms with van der Waals surface area (Å²) >= 11 is 36.7. The quantitative estimate of drug-likeness (QED) is 0.297. The first-order valence-corrected chi connectivity index (χ1v) is 11.4. The van der Waals surface area contributed by atoms with E-state index in [2.05, 4.69) is 0 Å². The zero-order valence-corrected chi connectivity index (χ0v) is 19.5. The number of para-hydroxylation sites is 3. The maximum Gasteiger partial charge on any atom is 0.647 e. The van der Waals surface area contributed by atoms with Gasteiger partial charge in [0.2, 0.25) is 0 Å². The summed E-state index contributed by atoms with van der Waals surface area (Å²) in [5, 5.41) is 0.419. The average Bonchev–Trinajstić information content (AvgIpc) is 2.65. The predicted octanol–water partition coefficient (Wildman–Crippen LogP) is 9.25. The molecule has 0 aliphatic rings. The molecule has 152 valence electrons. The molecule has 0 heterocycles. The molecule has 0 saturated carbocycles. The third kappa shape index (κ3) is 5.39. The molecule has 0 saturated heterocycles. The van der Waals surface area contributed by atoms with Crippen molar-refractivity contribution in [1.82, 2.24) is 0 Å². The molecule has 3 rings (SSSR count). The van der Waals surface area contributed by atoms with Crippen molar-refractivity contribution < 1.29 is 18.1 Å². The summed E-state index contributed by atoms with van der Waals surface area (Å²) in [6.45, 7) is 0. The third-order valence-electron chi connectivity index (χ3n) is 3.37. The maximum atomic E-state index is 13.6. The van der Waals surface area contributed by atoms with E-state index in [0.29, 0.717) is 0 Å². The summed E-state index contributed by atoms with van der Waals surface area (Å²) in [4.78, 5) is 0. The van der Waals surface area contributed by atoms with E-state index in [1.54, 1.807) is 18.2 Å². The van der Waals surface area contributed by atoms with Crippen molar-refractivity contribution in [3.8, 4) is 17.2 Å². The standard InChI is InChI=1S/C18H9Cl6O4P/c19-10-4-1-5-11(20)16(10)26-29(25,27-17-12(21)6-2-7-13(17)22)28-18-14(23)8-3-9-15(18)24/h1-9H. The van der Waals surface area contributed by atoms with Crippen LogP contribution >= 0.6 is 77.4 Å². The van der Waals surface area contributed by atoms with Crippen LogP contribution in [0.2, 0.25) is 30.1 Å². The normalized spacial score (nSPS) is 11.2. The first-order chi connectivity index (χ1) is 13.7. The molecule has 11 heteroatoms. The number of phosphoric ester groups is 1. The largest absolute Gasteiger partial charge is 0.647 e. The summed E-state index contributed by atoms with van der Waals surface area (Å²) in [6.07, 6.45) is 0. The second-order valence-electron chi connectivity index (χ2n) is 5.37. The van der Waals surface area contributed by atoms with E-state index in [9.17, 15) is 4.57 Å². The van der Waals surface area contributed by atoms with Crippen molar-refractivity contribution in [3.05, 3.63) is 84.7 Å². The highest BCUT2D eigenvalue weighted by Crippen LogP contribution is 2.56. The lowest BCUT2D eigenvalue weighted by molar-refractivity contribution is 0.298. The first-order valence-electron chi connectivity index (χ1n) is 7.71. The van der Waals surface area contributed by atoms with Crippen LogP contribution in [0.1, 0.15) is 0 Å². The zero-order valence-electron chi connectivity index (χ0n) is 14.0. The number of benzene rings is 3. The van der Waals surface area contributed by atoms with Crippen molar-refractivity contribution in [2.24, 2.45) is 0 Å². The first kappa shape index (κ1) is 22.7. The summed E-state index contributed by atoms with van der Waals surface area (Å²) in [5.74, 6) is -0.401. The fraction of sp³-hybridized carbons (Fsp3) is 0. The summed E-state index contributed by atoms with van der Waals surface area (Å²) in [5.41, 5.74) is 0. The topological polar surface area (TPSA) is 44.8 Å². The van der Waals surface area contributed by atoms with Gasteiger partial charge in [0.05, 0.1) is 30.1 Å². The molecule has 0 aliphatic heterocycles. The highest BCUT2D eigenvalue weighted by molar-refractivity contribution is 7.49. The fourth-order valence-electron chi connectivity index (χ4n) is 2.10. The Labute approximate surface area is 196 Å². The van der Waals surface area contributed by atoms with Gasteiger partial charge in [-0.05, 0) is 36.4 Å². The lowest BCUT2D eigenvalue weighted by atomic mass is 10.3. The molecule has 3 aromatic carbocycles. The van der Waals surface area contributed by atoms with Crippen LogP contribution in [0.3, 0.4) is 0 Å². The van der Waals surface area contributed by atoms with E-state index in [1.165, 1.54) is 36.4 Å². The van der Waals surface area contributed by atoms with Crippen LogP contribution in [0.4, 0.5) is 0 Å². The second kappa shape index (κ2) is 9.45. The lowest BCUT2D eigenvalue weighted by Gasteiger charge is -2.22. The molecule has 0 spiro atoms. The molecule has 4 nitrogen and oxygen atoms in total. The Morgan fingerprint density at radius 3 is 0.897 bits per heavy atom. The van der Waals surface area contributed by atoms with Gasteiger partial charge in [-0.3, -0.25) is 0 Å². The molecule has 0 amide bonds. The van der Waals surface area contributed by atoms with Gasteiger partial charge in [-0.2, -0.15) is 4.57 Å². The number of hydrogen-bond acceptors (Lipinski definition) is 4. The van der Waals surface area contributed by atoms with Crippen LogP contribution in [-0.2, 0) is 4.57 Å². The van der Waals surface area contributed by atoms with Crippen LogP contribution in [0.5, 0.6) is 17.2 Å². The number of hydrogen-bond donors (Lipinski definition) is 0. The molecule has 0 unspecified atom stereocenters. The van der Waals surface area contributed by atoms with Gasteiger partial charge in [-0.1, -0.05) is 87.8 Å². The Balaban J connectivity index is 2.09. The Hall–Kier alpha value is -0.970. The molecular formula is C18H9Cl6O4P. The highest BCUT2D eigenvalue weighted by Gasteiger charge is 2.37. The van der Waals surface area contributed by atoms with Gasteiger partial charge in [0.25, 0.3) is 0 Å². The van der Waals surface area contributed by atoms with E-state index in [-0.39, 0.29) is 47.4 Å². The predicted molar refractivity (Wildman–Crippen MR) is 119 cm³/mol. The van der Waals surface area contributed by atoms with E-state index in [1.807, 2.05) is 0 Å². The van der Waals surface area contributed by atoms with Crippen LogP contribution < -0.4 is 13.6 Å². The minimum Gasteiger partial charge on any atom is -0.383 e. The van der Waals surface area contributed by atoms with Gasteiger partial charge >= 0.3 is 7.82 Å². The van der Waals surface area contributed by atoms with E-state index in [4.69, 9.17) is 83.2 Å². The van der Waals surface area contributed by atoms with Crippen LogP contribution in [0.15, 0.2) is 54.6 Å².